The Bertz CT molecular complexity index is 759. The lowest BCUT2D eigenvalue weighted by molar-refractivity contribution is 0.376. The van der Waals surface area contributed by atoms with Crippen molar-refractivity contribution in [3.05, 3.63) is 54.1 Å². The van der Waals surface area contributed by atoms with Gasteiger partial charge in [-0.3, -0.25) is 0 Å². The Morgan fingerprint density at radius 3 is 2.18 bits per heavy atom. The molecule has 0 saturated heterocycles. The van der Waals surface area contributed by atoms with Gasteiger partial charge in [0.15, 0.2) is 17.4 Å². The van der Waals surface area contributed by atoms with Crippen LogP contribution in [0.2, 0.25) is 45.3 Å². The van der Waals surface area contributed by atoms with E-state index in [-0.39, 0.29) is 0 Å². The second-order valence-electron chi connectivity index (χ2n) is 9.08. The summed E-state index contributed by atoms with van der Waals surface area (Å²) in [5.74, 6) is 0.754. The van der Waals surface area contributed by atoms with Gasteiger partial charge in [0.05, 0.1) is 0 Å². The third kappa shape index (κ3) is 7.33. The first-order valence-electron chi connectivity index (χ1n) is 10.0. The fourth-order valence-electron chi connectivity index (χ4n) is 3.82. The van der Waals surface area contributed by atoms with Gasteiger partial charge < -0.3 is 13.3 Å². The van der Waals surface area contributed by atoms with Gasteiger partial charge in [0, 0.05) is 0 Å². The lowest BCUT2D eigenvalue weighted by atomic mass is 9.97. The summed E-state index contributed by atoms with van der Waals surface area (Å²) in [6, 6.07) is 17.2. The molecule has 6 heteroatoms. The molecule has 0 bridgehead atoms. The minimum absolute atomic E-state index is 0.373. The molecule has 0 aliphatic heterocycles. The maximum absolute atomic E-state index is 10.4. The van der Waals surface area contributed by atoms with Gasteiger partial charge in [-0.2, -0.15) is 0 Å². The number of hydrogen-bond donors (Lipinski definition) is 1. The van der Waals surface area contributed by atoms with Crippen LogP contribution in [-0.4, -0.2) is 31.0 Å². The number of rotatable bonds is 9. The molecule has 0 amide bonds. The average molecular weight is 432 g/mol. The van der Waals surface area contributed by atoms with Gasteiger partial charge in [0.2, 0.25) is 0 Å². The van der Waals surface area contributed by atoms with E-state index >= 15 is 0 Å². The van der Waals surface area contributed by atoms with Gasteiger partial charge in [-0.15, -0.1) is 0 Å². The van der Waals surface area contributed by atoms with Crippen LogP contribution in [0.15, 0.2) is 48.5 Å². The normalized spacial score (nSPS) is 15.4. The van der Waals surface area contributed by atoms with Gasteiger partial charge in [-0.1, -0.05) is 43.3 Å². The largest absolute Gasteiger partial charge is 0.508 e. The highest BCUT2D eigenvalue weighted by Gasteiger charge is 2.38. The zero-order chi connectivity index (χ0) is 20.9. The molecule has 1 N–H and O–H groups in total. The van der Waals surface area contributed by atoms with E-state index in [1.165, 1.54) is 5.56 Å². The molecule has 2 unspecified atom stereocenters. The second-order valence-corrected chi connectivity index (χ2v) is 19.4. The van der Waals surface area contributed by atoms with Crippen molar-refractivity contribution < 1.29 is 13.3 Å². The topological polar surface area (TPSA) is 38.7 Å². The van der Waals surface area contributed by atoms with Crippen LogP contribution in [0.25, 0.3) is 11.1 Å². The van der Waals surface area contributed by atoms with Crippen LogP contribution in [0.5, 0.6) is 5.75 Å². The van der Waals surface area contributed by atoms with E-state index in [1.807, 2.05) is 30.3 Å². The standard InChI is InChI=1S/C22H35O3Si3/c1-18(17-28(7,24-26(2)3)25-27(4,5)6)15-21-16-20(13-14-22(21)23)19-11-9-8-10-12-19/h8-14,16,18,23H,15,17H2,1-7H3. The minimum atomic E-state index is -2.23. The fourth-order valence-corrected chi connectivity index (χ4v) is 15.1. The van der Waals surface area contributed by atoms with Crippen molar-refractivity contribution in [2.75, 3.05) is 0 Å². The van der Waals surface area contributed by atoms with Crippen molar-refractivity contribution in [3.63, 3.8) is 0 Å². The van der Waals surface area contributed by atoms with Crippen molar-refractivity contribution in [3.8, 4) is 16.9 Å². The van der Waals surface area contributed by atoms with Gasteiger partial charge in [0.1, 0.15) is 5.75 Å². The minimum Gasteiger partial charge on any atom is -0.508 e. The zero-order valence-electron chi connectivity index (χ0n) is 18.4. The van der Waals surface area contributed by atoms with E-state index in [4.69, 9.17) is 8.23 Å². The van der Waals surface area contributed by atoms with E-state index in [9.17, 15) is 5.11 Å². The molecule has 153 valence electrons. The molecule has 1 radical (unpaired) electrons. The Hall–Kier alpha value is -1.19. The molecule has 2 aromatic carbocycles. The summed E-state index contributed by atoms with van der Waals surface area (Å²) in [6.45, 7) is 15.5. The van der Waals surface area contributed by atoms with Crippen molar-refractivity contribution in [2.24, 2.45) is 5.92 Å². The lowest BCUT2D eigenvalue weighted by Gasteiger charge is -2.37. The predicted octanol–water partition coefficient (Wildman–Crippen LogP) is 6.43. The SMILES string of the molecule is CC(Cc1cc(-c2ccccc2)ccc1O)C[Si](C)(O[Si](C)C)O[Si](C)(C)C. The molecule has 2 rings (SSSR count). The first kappa shape index (κ1) is 23.1. The average Bonchev–Trinajstić information content (AvgIpc) is 2.54. The summed E-state index contributed by atoms with van der Waals surface area (Å²) in [5, 5.41) is 10.4. The van der Waals surface area contributed by atoms with Gasteiger partial charge in [-0.05, 0) is 86.5 Å². The van der Waals surface area contributed by atoms with Crippen molar-refractivity contribution in [1.29, 1.82) is 0 Å². The lowest BCUT2D eigenvalue weighted by Crippen LogP contribution is -2.50. The highest BCUT2D eigenvalue weighted by atomic mass is 28.5. The molecular formula is C22H35O3Si3. The van der Waals surface area contributed by atoms with Crippen LogP contribution in [0.4, 0.5) is 0 Å². The van der Waals surface area contributed by atoms with Crippen LogP contribution < -0.4 is 0 Å². The highest BCUT2D eigenvalue weighted by molar-refractivity contribution is 6.84. The van der Waals surface area contributed by atoms with E-state index in [0.717, 1.165) is 23.6 Å². The van der Waals surface area contributed by atoms with Crippen molar-refractivity contribution >= 4 is 25.9 Å². The quantitative estimate of drug-likeness (QED) is 0.465. The summed E-state index contributed by atoms with van der Waals surface area (Å²) in [4.78, 5) is 0. The Morgan fingerprint density at radius 1 is 0.964 bits per heavy atom. The Morgan fingerprint density at radius 2 is 1.61 bits per heavy atom. The van der Waals surface area contributed by atoms with Crippen molar-refractivity contribution in [1.82, 2.24) is 0 Å². The third-order valence-electron chi connectivity index (χ3n) is 4.42. The summed E-state index contributed by atoms with van der Waals surface area (Å²) < 4.78 is 13.0. The smallest absolute Gasteiger partial charge is 0.314 e. The van der Waals surface area contributed by atoms with Crippen molar-refractivity contribution in [2.45, 2.75) is 58.7 Å². The maximum atomic E-state index is 10.4. The zero-order valence-corrected chi connectivity index (χ0v) is 21.4. The summed E-state index contributed by atoms with van der Waals surface area (Å²) in [6.07, 6.45) is 0.822. The van der Waals surface area contributed by atoms with E-state index in [2.05, 4.69) is 64.4 Å². The summed E-state index contributed by atoms with van der Waals surface area (Å²) in [7, 11) is -4.73. The van der Waals surface area contributed by atoms with E-state index in [1.54, 1.807) is 0 Å². The highest BCUT2D eigenvalue weighted by Crippen LogP contribution is 2.31. The molecule has 0 spiro atoms. The first-order chi connectivity index (χ1) is 13.0. The molecule has 0 saturated carbocycles. The molecule has 3 nitrogen and oxygen atoms in total. The predicted molar refractivity (Wildman–Crippen MR) is 126 cm³/mol. The van der Waals surface area contributed by atoms with Crippen LogP contribution >= 0.6 is 0 Å². The third-order valence-corrected chi connectivity index (χ3v) is 13.4. The van der Waals surface area contributed by atoms with E-state index in [0.29, 0.717) is 11.7 Å². The number of hydrogen-bond acceptors (Lipinski definition) is 3. The number of benzene rings is 2. The summed E-state index contributed by atoms with van der Waals surface area (Å²) >= 11 is 0. The Kier molecular flexibility index (Phi) is 7.87. The number of aromatic hydroxyl groups is 1. The Labute approximate surface area is 174 Å². The molecule has 2 atom stereocenters. The molecule has 0 aliphatic carbocycles. The van der Waals surface area contributed by atoms with E-state index < -0.39 is 25.9 Å². The second kappa shape index (κ2) is 9.54. The fraction of sp³-hybridized carbons (Fsp3) is 0.455. The summed E-state index contributed by atoms with van der Waals surface area (Å²) in [5.41, 5.74) is 3.31. The number of phenolic OH excluding ortho intramolecular Hbond substituents is 1. The molecular weight excluding hydrogens is 396 g/mol. The van der Waals surface area contributed by atoms with Crippen LogP contribution in [-0.2, 0) is 14.7 Å². The molecule has 2 aromatic rings. The van der Waals surface area contributed by atoms with Gasteiger partial charge in [-0.25, -0.2) is 0 Å². The Balaban J connectivity index is 2.17. The van der Waals surface area contributed by atoms with Crippen LogP contribution in [0, 0.1) is 5.92 Å². The molecule has 0 aromatic heterocycles. The molecule has 0 fully saturated rings. The number of phenols is 1. The molecule has 28 heavy (non-hydrogen) atoms. The molecule has 0 heterocycles. The maximum Gasteiger partial charge on any atom is 0.314 e. The van der Waals surface area contributed by atoms with Crippen LogP contribution in [0.1, 0.15) is 12.5 Å². The van der Waals surface area contributed by atoms with Crippen LogP contribution in [0.3, 0.4) is 0 Å². The molecule has 0 aliphatic rings. The van der Waals surface area contributed by atoms with Gasteiger partial charge in [0.25, 0.3) is 0 Å². The monoisotopic (exact) mass is 431 g/mol. The first-order valence-corrected chi connectivity index (χ1v) is 18.4. The van der Waals surface area contributed by atoms with Gasteiger partial charge >= 0.3 is 8.56 Å².